The van der Waals surface area contributed by atoms with Gasteiger partial charge in [0.25, 0.3) is 5.91 Å². The van der Waals surface area contributed by atoms with E-state index in [1.165, 1.54) is 11.8 Å². The van der Waals surface area contributed by atoms with Crippen molar-refractivity contribution >= 4 is 17.7 Å². The zero-order valence-corrected chi connectivity index (χ0v) is 11.0. The molecule has 1 rings (SSSR count). The lowest BCUT2D eigenvalue weighted by atomic mass is 10.1. The van der Waals surface area contributed by atoms with Crippen LogP contribution in [0.1, 0.15) is 30.1 Å². The molecule has 0 bridgehead atoms. The SMILES string of the molecule is CSc1cc(C(=O)NC(C)CCCO)ccn1. The predicted octanol–water partition coefficient (Wildman–Crippen LogP) is 1.69. The Bertz CT molecular complexity index is 371. The molecule has 0 aliphatic rings. The molecule has 0 fully saturated rings. The van der Waals surface area contributed by atoms with Crippen LogP contribution in [0.2, 0.25) is 0 Å². The summed E-state index contributed by atoms with van der Waals surface area (Å²) in [6.07, 6.45) is 5.05. The van der Waals surface area contributed by atoms with E-state index >= 15 is 0 Å². The van der Waals surface area contributed by atoms with Crippen LogP contribution in [-0.2, 0) is 0 Å². The third-order valence-corrected chi connectivity index (χ3v) is 3.02. The fraction of sp³-hybridized carbons (Fsp3) is 0.500. The molecule has 1 aromatic heterocycles. The molecule has 17 heavy (non-hydrogen) atoms. The van der Waals surface area contributed by atoms with E-state index in [9.17, 15) is 4.79 Å². The first kappa shape index (κ1) is 14.0. The van der Waals surface area contributed by atoms with Gasteiger partial charge in [-0.05, 0) is 38.2 Å². The van der Waals surface area contributed by atoms with Crippen LogP contribution < -0.4 is 5.32 Å². The van der Waals surface area contributed by atoms with E-state index in [1.807, 2.05) is 13.2 Å². The fourth-order valence-electron chi connectivity index (χ4n) is 1.44. The van der Waals surface area contributed by atoms with Gasteiger partial charge >= 0.3 is 0 Å². The molecule has 1 atom stereocenters. The summed E-state index contributed by atoms with van der Waals surface area (Å²) in [7, 11) is 0. The number of aliphatic hydroxyl groups is 1. The van der Waals surface area contributed by atoms with Gasteiger partial charge in [-0.2, -0.15) is 0 Å². The van der Waals surface area contributed by atoms with Gasteiger partial charge in [0, 0.05) is 24.4 Å². The normalized spacial score (nSPS) is 12.2. The average molecular weight is 254 g/mol. The molecule has 5 heteroatoms. The molecule has 0 aromatic carbocycles. The Morgan fingerprint density at radius 2 is 2.41 bits per heavy atom. The van der Waals surface area contributed by atoms with E-state index < -0.39 is 0 Å². The highest BCUT2D eigenvalue weighted by Crippen LogP contribution is 2.12. The van der Waals surface area contributed by atoms with E-state index in [2.05, 4.69) is 10.3 Å². The van der Waals surface area contributed by atoms with Crippen LogP contribution in [0, 0.1) is 0 Å². The summed E-state index contributed by atoms with van der Waals surface area (Å²) in [6.45, 7) is 2.09. The van der Waals surface area contributed by atoms with Crippen molar-refractivity contribution in [1.82, 2.24) is 10.3 Å². The van der Waals surface area contributed by atoms with Gasteiger partial charge in [0.1, 0.15) is 0 Å². The second-order valence-corrected chi connectivity index (χ2v) is 4.65. The van der Waals surface area contributed by atoms with Gasteiger partial charge in [-0.1, -0.05) is 0 Å². The molecule has 4 nitrogen and oxygen atoms in total. The molecular weight excluding hydrogens is 236 g/mol. The van der Waals surface area contributed by atoms with E-state index in [4.69, 9.17) is 5.11 Å². The minimum absolute atomic E-state index is 0.0699. The second-order valence-electron chi connectivity index (χ2n) is 3.83. The largest absolute Gasteiger partial charge is 0.396 e. The molecule has 0 saturated heterocycles. The maximum absolute atomic E-state index is 11.9. The highest BCUT2D eigenvalue weighted by atomic mass is 32.2. The molecule has 0 aliphatic heterocycles. The molecule has 0 radical (unpaired) electrons. The quantitative estimate of drug-likeness (QED) is 0.758. The number of rotatable bonds is 6. The average Bonchev–Trinajstić information content (AvgIpc) is 2.36. The summed E-state index contributed by atoms with van der Waals surface area (Å²) in [5.41, 5.74) is 0.625. The maximum Gasteiger partial charge on any atom is 0.251 e. The van der Waals surface area contributed by atoms with Gasteiger partial charge in [0.2, 0.25) is 0 Å². The van der Waals surface area contributed by atoms with Gasteiger partial charge in [0.15, 0.2) is 0 Å². The first-order chi connectivity index (χ1) is 8.17. The second kappa shape index (κ2) is 7.29. The Labute approximate surface area is 106 Å². The summed E-state index contributed by atoms with van der Waals surface area (Å²) >= 11 is 1.51. The van der Waals surface area contributed by atoms with E-state index in [-0.39, 0.29) is 18.6 Å². The zero-order valence-electron chi connectivity index (χ0n) is 10.1. The topological polar surface area (TPSA) is 62.2 Å². The van der Waals surface area contributed by atoms with Gasteiger partial charge in [0.05, 0.1) is 5.03 Å². The van der Waals surface area contributed by atoms with E-state index in [1.54, 1.807) is 18.3 Å². The first-order valence-electron chi connectivity index (χ1n) is 5.59. The Hall–Kier alpha value is -1.07. The Morgan fingerprint density at radius 1 is 1.65 bits per heavy atom. The summed E-state index contributed by atoms with van der Waals surface area (Å²) < 4.78 is 0. The molecular formula is C12H18N2O2S. The summed E-state index contributed by atoms with van der Waals surface area (Å²) in [6, 6.07) is 3.55. The third kappa shape index (κ3) is 4.75. The minimum atomic E-state index is -0.0897. The number of hydrogen-bond donors (Lipinski definition) is 2. The number of carbonyl (C=O) groups excluding carboxylic acids is 1. The van der Waals surface area contributed by atoms with Crippen LogP contribution in [0.5, 0.6) is 0 Å². The molecule has 0 saturated carbocycles. The number of pyridine rings is 1. The van der Waals surface area contributed by atoms with Gasteiger partial charge < -0.3 is 10.4 Å². The van der Waals surface area contributed by atoms with Crippen molar-refractivity contribution in [2.75, 3.05) is 12.9 Å². The zero-order chi connectivity index (χ0) is 12.7. The lowest BCUT2D eigenvalue weighted by Gasteiger charge is -2.13. The number of nitrogens with one attached hydrogen (secondary N) is 1. The molecule has 1 aromatic rings. The standard InChI is InChI=1S/C12H18N2O2S/c1-9(4-3-7-15)14-12(16)10-5-6-13-11(8-10)17-2/h5-6,8-9,15H,3-4,7H2,1-2H3,(H,14,16). The highest BCUT2D eigenvalue weighted by Gasteiger charge is 2.10. The van der Waals surface area contributed by atoms with Crippen molar-refractivity contribution in [3.63, 3.8) is 0 Å². The van der Waals surface area contributed by atoms with Gasteiger partial charge in [-0.15, -0.1) is 11.8 Å². The van der Waals surface area contributed by atoms with E-state index in [0.717, 1.165) is 11.4 Å². The number of amides is 1. The molecule has 94 valence electrons. The predicted molar refractivity (Wildman–Crippen MR) is 69.3 cm³/mol. The van der Waals surface area contributed by atoms with Gasteiger partial charge in [-0.3, -0.25) is 4.79 Å². The highest BCUT2D eigenvalue weighted by molar-refractivity contribution is 7.98. The van der Waals surface area contributed by atoms with Crippen LogP contribution >= 0.6 is 11.8 Å². The van der Waals surface area contributed by atoms with Crippen molar-refractivity contribution in [2.45, 2.75) is 30.8 Å². The number of nitrogens with zero attached hydrogens (tertiary/aromatic N) is 1. The number of aromatic nitrogens is 1. The molecule has 2 N–H and O–H groups in total. The first-order valence-corrected chi connectivity index (χ1v) is 6.81. The Morgan fingerprint density at radius 3 is 3.06 bits per heavy atom. The minimum Gasteiger partial charge on any atom is -0.396 e. The number of aliphatic hydroxyl groups excluding tert-OH is 1. The van der Waals surface area contributed by atoms with Crippen molar-refractivity contribution in [1.29, 1.82) is 0 Å². The number of carbonyl (C=O) groups is 1. The Balaban J connectivity index is 2.56. The number of thioether (sulfide) groups is 1. The number of hydrogen-bond acceptors (Lipinski definition) is 4. The van der Waals surface area contributed by atoms with Crippen LogP contribution in [0.4, 0.5) is 0 Å². The Kier molecular flexibility index (Phi) is 6.00. The molecule has 1 heterocycles. The van der Waals surface area contributed by atoms with Crippen molar-refractivity contribution in [2.24, 2.45) is 0 Å². The van der Waals surface area contributed by atoms with Crippen LogP contribution in [0.25, 0.3) is 0 Å². The molecule has 0 spiro atoms. The summed E-state index contributed by atoms with van der Waals surface area (Å²) in [5, 5.41) is 12.4. The van der Waals surface area contributed by atoms with Crippen LogP contribution in [0.15, 0.2) is 23.4 Å². The van der Waals surface area contributed by atoms with Crippen molar-refractivity contribution in [3.05, 3.63) is 23.9 Å². The summed E-state index contributed by atoms with van der Waals surface area (Å²) in [5.74, 6) is -0.0897. The molecule has 1 amide bonds. The maximum atomic E-state index is 11.9. The van der Waals surface area contributed by atoms with Crippen LogP contribution in [0.3, 0.4) is 0 Å². The van der Waals surface area contributed by atoms with Gasteiger partial charge in [-0.25, -0.2) is 4.98 Å². The lowest BCUT2D eigenvalue weighted by molar-refractivity contribution is 0.0936. The van der Waals surface area contributed by atoms with Crippen molar-refractivity contribution in [3.8, 4) is 0 Å². The van der Waals surface area contributed by atoms with Crippen molar-refractivity contribution < 1.29 is 9.90 Å². The monoisotopic (exact) mass is 254 g/mol. The third-order valence-electron chi connectivity index (χ3n) is 2.38. The lowest BCUT2D eigenvalue weighted by Crippen LogP contribution is -2.32. The van der Waals surface area contributed by atoms with E-state index in [0.29, 0.717) is 12.0 Å². The fourth-order valence-corrected chi connectivity index (χ4v) is 1.85. The molecule has 1 unspecified atom stereocenters. The van der Waals surface area contributed by atoms with Crippen LogP contribution in [-0.4, -0.2) is 34.9 Å². The molecule has 0 aliphatic carbocycles. The summed E-state index contributed by atoms with van der Waals surface area (Å²) in [4.78, 5) is 16.0. The smallest absolute Gasteiger partial charge is 0.251 e.